The van der Waals surface area contributed by atoms with Gasteiger partial charge in [0.15, 0.2) is 5.16 Å². The minimum atomic E-state index is 0.155. The molecule has 0 aliphatic heterocycles. The monoisotopic (exact) mass is 285 g/mol. The van der Waals surface area contributed by atoms with E-state index in [1.807, 2.05) is 14.1 Å². The largest absolute Gasteiger partial charge is 0.309 e. The summed E-state index contributed by atoms with van der Waals surface area (Å²) in [6.45, 7) is 0.937. The lowest BCUT2D eigenvalue weighted by molar-refractivity contribution is 0.437. The second-order valence-corrected chi connectivity index (χ2v) is 5.08. The first-order valence-electron chi connectivity index (χ1n) is 5.19. The fraction of sp³-hybridized carbons (Fsp3) is 0.444. The van der Waals surface area contributed by atoms with Crippen molar-refractivity contribution >= 4 is 23.4 Å². The lowest BCUT2D eigenvalue weighted by Gasteiger charge is -2.08. The molecule has 0 unspecified atom stereocenters. The van der Waals surface area contributed by atoms with Gasteiger partial charge in [-0.25, -0.2) is 4.98 Å². The molecule has 9 heteroatoms. The van der Waals surface area contributed by atoms with E-state index in [1.165, 1.54) is 29.1 Å². The van der Waals surface area contributed by atoms with Gasteiger partial charge in [0.05, 0.1) is 0 Å². The second kappa shape index (κ2) is 6.07. The highest BCUT2D eigenvalue weighted by Crippen LogP contribution is 2.15. The molecule has 0 bridgehead atoms. The van der Waals surface area contributed by atoms with E-state index in [1.54, 1.807) is 0 Å². The van der Waals surface area contributed by atoms with Crippen molar-refractivity contribution in [1.29, 1.82) is 0 Å². The first kappa shape index (κ1) is 13.2. The van der Waals surface area contributed by atoms with Gasteiger partial charge in [-0.2, -0.15) is 24.7 Å². The molecule has 2 aromatic rings. The molecule has 0 saturated carbocycles. The number of thioether (sulfide) groups is 1. The molecule has 0 amide bonds. The van der Waals surface area contributed by atoms with Gasteiger partial charge < -0.3 is 4.90 Å². The number of hydrogen-bond donors (Lipinski definition) is 0. The molecule has 0 spiro atoms. The number of hydrogen-bond acceptors (Lipinski definition) is 7. The predicted octanol–water partition coefficient (Wildman–Crippen LogP) is 0.759. The fourth-order valence-electron chi connectivity index (χ4n) is 1.12. The number of aromatic nitrogens is 6. The van der Waals surface area contributed by atoms with Crippen LogP contribution < -0.4 is 0 Å². The maximum absolute atomic E-state index is 5.86. The molecule has 2 aromatic heterocycles. The van der Waals surface area contributed by atoms with Crippen LogP contribution in [0, 0.1) is 0 Å². The molecule has 0 radical (unpaired) electrons. The van der Waals surface area contributed by atoms with Gasteiger partial charge in [-0.15, -0.1) is 0 Å². The molecule has 18 heavy (non-hydrogen) atoms. The van der Waals surface area contributed by atoms with Gasteiger partial charge in [-0.3, -0.25) is 0 Å². The van der Waals surface area contributed by atoms with Gasteiger partial charge in [-0.1, -0.05) is 11.8 Å². The van der Waals surface area contributed by atoms with Crippen LogP contribution in [0.3, 0.4) is 0 Å². The van der Waals surface area contributed by atoms with E-state index in [2.05, 4.69) is 29.9 Å². The van der Waals surface area contributed by atoms with Crippen molar-refractivity contribution in [2.24, 2.45) is 0 Å². The first-order valence-corrected chi connectivity index (χ1v) is 6.55. The van der Waals surface area contributed by atoms with E-state index >= 15 is 0 Å². The molecule has 0 aliphatic carbocycles. The van der Waals surface area contributed by atoms with Crippen molar-refractivity contribution in [2.45, 2.75) is 5.16 Å². The Labute approximate surface area is 114 Å². The molecule has 0 atom stereocenters. The minimum Gasteiger partial charge on any atom is -0.309 e. The van der Waals surface area contributed by atoms with Gasteiger partial charge in [0.2, 0.25) is 5.28 Å². The summed E-state index contributed by atoms with van der Waals surface area (Å²) >= 11 is 7.39. The zero-order chi connectivity index (χ0) is 13.0. The quantitative estimate of drug-likeness (QED) is 0.751. The van der Waals surface area contributed by atoms with E-state index in [4.69, 9.17) is 11.6 Å². The van der Waals surface area contributed by atoms with Crippen LogP contribution in [0.25, 0.3) is 5.95 Å². The Hall–Kier alpha value is -1.25. The van der Waals surface area contributed by atoms with E-state index in [-0.39, 0.29) is 5.28 Å². The summed E-state index contributed by atoms with van der Waals surface area (Å²) in [5.41, 5.74) is 0. The van der Waals surface area contributed by atoms with Crippen molar-refractivity contribution in [2.75, 3.05) is 26.4 Å². The lowest BCUT2D eigenvalue weighted by atomic mass is 10.7. The summed E-state index contributed by atoms with van der Waals surface area (Å²) in [7, 11) is 4.03. The Morgan fingerprint density at radius 3 is 2.83 bits per heavy atom. The standard InChI is InChI=1S/C9H12ClN7S/c1-16(2)3-4-18-9-14-7(10)13-8(15-9)17-6-11-5-12-17/h5-6H,3-4H2,1-2H3. The summed E-state index contributed by atoms with van der Waals surface area (Å²) in [6, 6.07) is 0. The van der Waals surface area contributed by atoms with Gasteiger partial charge in [0.25, 0.3) is 5.95 Å². The van der Waals surface area contributed by atoms with Gasteiger partial charge >= 0.3 is 0 Å². The van der Waals surface area contributed by atoms with Crippen LogP contribution in [0.2, 0.25) is 5.28 Å². The SMILES string of the molecule is CN(C)CCSc1nc(Cl)nc(-n2cncn2)n1. The van der Waals surface area contributed by atoms with Crippen LogP contribution in [0.5, 0.6) is 0 Å². The van der Waals surface area contributed by atoms with Crippen molar-refractivity contribution in [3.63, 3.8) is 0 Å². The van der Waals surface area contributed by atoms with E-state index in [0.717, 1.165) is 12.3 Å². The van der Waals surface area contributed by atoms with Crippen molar-refractivity contribution in [3.05, 3.63) is 17.9 Å². The summed E-state index contributed by atoms with van der Waals surface area (Å²) in [5.74, 6) is 1.25. The number of rotatable bonds is 5. The molecular weight excluding hydrogens is 274 g/mol. The van der Waals surface area contributed by atoms with E-state index in [9.17, 15) is 0 Å². The summed E-state index contributed by atoms with van der Waals surface area (Å²) < 4.78 is 1.45. The Bertz CT molecular complexity index is 502. The van der Waals surface area contributed by atoms with Gasteiger partial charge in [0, 0.05) is 12.3 Å². The van der Waals surface area contributed by atoms with Crippen LogP contribution in [0.4, 0.5) is 0 Å². The lowest BCUT2D eigenvalue weighted by Crippen LogP contribution is -2.15. The molecule has 0 aliphatic rings. The Balaban J connectivity index is 2.12. The normalized spacial score (nSPS) is 11.1. The molecule has 2 heterocycles. The summed E-state index contributed by atoms with van der Waals surface area (Å²) in [5, 5.41) is 4.69. The third-order valence-electron chi connectivity index (χ3n) is 1.97. The maximum atomic E-state index is 5.86. The highest BCUT2D eigenvalue weighted by molar-refractivity contribution is 7.99. The third kappa shape index (κ3) is 3.62. The van der Waals surface area contributed by atoms with Crippen molar-refractivity contribution in [3.8, 4) is 5.95 Å². The van der Waals surface area contributed by atoms with Gasteiger partial charge in [-0.05, 0) is 25.7 Å². The zero-order valence-corrected chi connectivity index (χ0v) is 11.6. The van der Waals surface area contributed by atoms with Crippen molar-refractivity contribution in [1.82, 2.24) is 34.6 Å². The molecule has 96 valence electrons. The molecule has 7 nitrogen and oxygen atoms in total. The molecule has 0 N–H and O–H groups in total. The Kier molecular flexibility index (Phi) is 4.45. The minimum absolute atomic E-state index is 0.155. The Morgan fingerprint density at radius 1 is 1.33 bits per heavy atom. The second-order valence-electron chi connectivity index (χ2n) is 3.68. The summed E-state index contributed by atoms with van der Waals surface area (Å²) in [6.07, 6.45) is 2.93. The first-order chi connectivity index (χ1) is 8.65. The third-order valence-corrected chi connectivity index (χ3v) is 2.97. The summed E-state index contributed by atoms with van der Waals surface area (Å²) in [4.78, 5) is 18.3. The average Bonchev–Trinajstić information content (AvgIpc) is 2.81. The smallest absolute Gasteiger partial charge is 0.257 e. The van der Waals surface area contributed by atoms with Crippen LogP contribution in [-0.4, -0.2) is 61.0 Å². The van der Waals surface area contributed by atoms with Gasteiger partial charge in [0.1, 0.15) is 12.7 Å². The number of halogens is 1. The zero-order valence-electron chi connectivity index (χ0n) is 9.99. The topological polar surface area (TPSA) is 72.6 Å². The van der Waals surface area contributed by atoms with E-state index < -0.39 is 0 Å². The van der Waals surface area contributed by atoms with E-state index in [0.29, 0.717) is 11.1 Å². The Morgan fingerprint density at radius 2 is 2.17 bits per heavy atom. The highest BCUT2D eigenvalue weighted by Gasteiger charge is 2.08. The van der Waals surface area contributed by atoms with Crippen molar-refractivity contribution < 1.29 is 0 Å². The molecule has 0 fully saturated rings. The molecule has 0 aromatic carbocycles. The maximum Gasteiger partial charge on any atom is 0.257 e. The van der Waals surface area contributed by atoms with Crippen LogP contribution in [0.1, 0.15) is 0 Å². The molecule has 2 rings (SSSR count). The number of nitrogens with zero attached hydrogens (tertiary/aromatic N) is 7. The fourth-order valence-corrected chi connectivity index (χ4v) is 2.26. The predicted molar refractivity (Wildman–Crippen MR) is 69.0 cm³/mol. The average molecular weight is 286 g/mol. The van der Waals surface area contributed by atoms with Crippen LogP contribution >= 0.6 is 23.4 Å². The van der Waals surface area contributed by atoms with Crippen LogP contribution in [-0.2, 0) is 0 Å². The van der Waals surface area contributed by atoms with Crippen LogP contribution in [0.15, 0.2) is 17.8 Å². The highest BCUT2D eigenvalue weighted by atomic mass is 35.5. The molecule has 0 saturated heterocycles. The molecular formula is C9H12ClN7S.